The van der Waals surface area contributed by atoms with E-state index in [9.17, 15) is 10.1 Å². The molecule has 1 aromatic heterocycles. The lowest BCUT2D eigenvalue weighted by molar-refractivity contribution is 0.0997. The number of ether oxygens (including phenoxy) is 1. The van der Waals surface area contributed by atoms with Crippen LogP contribution in [0.2, 0.25) is 18.1 Å². The van der Waals surface area contributed by atoms with Crippen molar-refractivity contribution < 1.29 is 14.0 Å². The van der Waals surface area contributed by atoms with Crippen LogP contribution in [-0.4, -0.2) is 38.7 Å². The average molecular weight is 450 g/mol. The number of nitriles is 1. The lowest BCUT2D eigenvalue weighted by Crippen LogP contribution is -2.43. The minimum atomic E-state index is -1.89. The molecular weight excluding hydrogens is 418 g/mol. The Labute approximate surface area is 191 Å². The third kappa shape index (κ3) is 4.30. The fourth-order valence-corrected chi connectivity index (χ4v) is 4.60. The van der Waals surface area contributed by atoms with Gasteiger partial charge in [0.2, 0.25) is 0 Å². The Morgan fingerprint density at radius 1 is 1.19 bits per heavy atom. The molecule has 0 bridgehead atoms. The molecule has 0 radical (unpaired) electrons. The van der Waals surface area contributed by atoms with E-state index in [2.05, 4.69) is 44.9 Å². The van der Waals surface area contributed by atoms with Crippen LogP contribution in [0.4, 0.5) is 10.5 Å². The maximum absolute atomic E-state index is 12.5. The number of hydrogen-bond acceptors (Lipinski definition) is 5. The summed E-state index contributed by atoms with van der Waals surface area (Å²) in [6, 6.07) is 14.2. The fraction of sp³-hybridized carbons (Fsp3) is 0.480. The molecule has 2 fully saturated rings. The van der Waals surface area contributed by atoms with Crippen LogP contribution in [0.5, 0.6) is 0 Å². The van der Waals surface area contributed by atoms with Crippen molar-refractivity contribution in [1.82, 2.24) is 4.98 Å². The van der Waals surface area contributed by atoms with Gasteiger partial charge in [0.15, 0.2) is 8.32 Å². The third-order valence-electron chi connectivity index (χ3n) is 7.04. The van der Waals surface area contributed by atoms with Crippen LogP contribution in [-0.2, 0) is 14.6 Å². The minimum absolute atomic E-state index is 0.117. The van der Waals surface area contributed by atoms with Gasteiger partial charge in [0.25, 0.3) is 0 Å². The van der Waals surface area contributed by atoms with Gasteiger partial charge in [-0.05, 0) is 54.7 Å². The SMILES string of the molecule is CC(C)(C)[Si](C)(C)OCC1CN(c2ccc(-c3ccc(C4(C#N)CC4)nc3)cc2)C(=O)O1. The van der Waals surface area contributed by atoms with E-state index in [0.717, 1.165) is 35.3 Å². The molecular formula is C25H31N3O3Si. The van der Waals surface area contributed by atoms with E-state index in [1.807, 2.05) is 42.6 Å². The standard InChI is InChI=1S/C25H31N3O3Si/c1-24(2,3)32(4,5)30-16-21-15-28(23(29)31-21)20-9-6-18(7-10-20)19-8-11-22(27-14-19)25(17-26)12-13-25/h6-11,14,21H,12-13,15-16H2,1-5H3. The van der Waals surface area contributed by atoms with E-state index >= 15 is 0 Å². The zero-order chi connectivity index (χ0) is 23.1. The molecule has 1 aliphatic carbocycles. The molecule has 1 atom stereocenters. The van der Waals surface area contributed by atoms with E-state index in [-0.39, 0.29) is 22.7 Å². The number of carbonyl (C=O) groups is 1. The summed E-state index contributed by atoms with van der Waals surface area (Å²) < 4.78 is 11.8. The summed E-state index contributed by atoms with van der Waals surface area (Å²) in [5.41, 5.74) is 3.29. The summed E-state index contributed by atoms with van der Waals surface area (Å²) in [4.78, 5) is 18.6. The van der Waals surface area contributed by atoms with Crippen molar-refractivity contribution in [2.45, 2.75) is 63.3 Å². The van der Waals surface area contributed by atoms with E-state index < -0.39 is 8.32 Å². The van der Waals surface area contributed by atoms with Gasteiger partial charge in [0.05, 0.1) is 30.3 Å². The van der Waals surface area contributed by atoms with Crippen molar-refractivity contribution in [3.63, 3.8) is 0 Å². The highest BCUT2D eigenvalue weighted by molar-refractivity contribution is 6.74. The number of amides is 1. The van der Waals surface area contributed by atoms with Crippen LogP contribution >= 0.6 is 0 Å². The number of pyridine rings is 1. The van der Waals surface area contributed by atoms with Crippen LogP contribution in [0.1, 0.15) is 39.3 Å². The first-order chi connectivity index (χ1) is 15.0. The van der Waals surface area contributed by atoms with E-state index in [4.69, 9.17) is 9.16 Å². The summed E-state index contributed by atoms with van der Waals surface area (Å²) >= 11 is 0. The Bertz CT molecular complexity index is 1030. The van der Waals surface area contributed by atoms with E-state index in [0.29, 0.717) is 13.2 Å². The summed E-state index contributed by atoms with van der Waals surface area (Å²) in [7, 11) is -1.89. The predicted molar refractivity (Wildman–Crippen MR) is 127 cm³/mol. The molecule has 0 N–H and O–H groups in total. The molecule has 1 saturated carbocycles. The van der Waals surface area contributed by atoms with Gasteiger partial charge in [-0.1, -0.05) is 39.0 Å². The second-order valence-electron chi connectivity index (χ2n) is 10.4. The second kappa shape index (κ2) is 8.02. The second-order valence-corrected chi connectivity index (χ2v) is 15.2. The maximum Gasteiger partial charge on any atom is 0.414 e. The molecule has 1 saturated heterocycles. The van der Waals surface area contributed by atoms with Gasteiger partial charge in [-0.2, -0.15) is 5.26 Å². The van der Waals surface area contributed by atoms with Gasteiger partial charge >= 0.3 is 6.09 Å². The van der Waals surface area contributed by atoms with Crippen LogP contribution in [0.25, 0.3) is 11.1 Å². The molecule has 1 amide bonds. The molecule has 7 heteroatoms. The first-order valence-electron chi connectivity index (χ1n) is 11.1. The molecule has 2 heterocycles. The number of hydrogen-bond donors (Lipinski definition) is 0. The van der Waals surface area contributed by atoms with E-state index in [1.54, 1.807) is 4.90 Å². The number of benzene rings is 1. The monoisotopic (exact) mass is 449 g/mol. The van der Waals surface area contributed by atoms with Gasteiger partial charge in [-0.15, -0.1) is 0 Å². The zero-order valence-electron chi connectivity index (χ0n) is 19.5. The van der Waals surface area contributed by atoms with Crippen molar-refractivity contribution in [3.05, 3.63) is 48.3 Å². The summed E-state index contributed by atoms with van der Waals surface area (Å²) in [6.45, 7) is 11.9. The van der Waals surface area contributed by atoms with Gasteiger partial charge in [-0.3, -0.25) is 9.88 Å². The first-order valence-corrected chi connectivity index (χ1v) is 14.1. The number of nitrogens with zero attached hydrogens (tertiary/aromatic N) is 3. The van der Waals surface area contributed by atoms with Crippen LogP contribution in [0, 0.1) is 11.3 Å². The Morgan fingerprint density at radius 3 is 2.38 bits per heavy atom. The van der Waals surface area contributed by atoms with E-state index in [1.165, 1.54) is 0 Å². The Hall–Kier alpha value is -2.69. The third-order valence-corrected chi connectivity index (χ3v) is 11.5. The lowest BCUT2D eigenvalue weighted by atomic mass is 10.0. The van der Waals surface area contributed by atoms with Crippen molar-refractivity contribution in [2.24, 2.45) is 0 Å². The Kier molecular flexibility index (Phi) is 5.64. The summed E-state index contributed by atoms with van der Waals surface area (Å²) in [6.07, 6.45) is 3.00. The molecule has 1 aliphatic heterocycles. The number of aromatic nitrogens is 1. The molecule has 1 unspecified atom stereocenters. The van der Waals surface area contributed by atoms with Crippen molar-refractivity contribution in [1.29, 1.82) is 5.26 Å². The first kappa shape index (κ1) is 22.5. The number of cyclic esters (lactones) is 1. The number of anilines is 1. The molecule has 2 aromatic rings. The molecule has 6 nitrogen and oxygen atoms in total. The molecule has 168 valence electrons. The Morgan fingerprint density at radius 2 is 1.84 bits per heavy atom. The topological polar surface area (TPSA) is 75.5 Å². The Balaban J connectivity index is 1.40. The van der Waals surface area contributed by atoms with Crippen LogP contribution in [0.15, 0.2) is 42.6 Å². The molecule has 1 aromatic carbocycles. The fourth-order valence-electron chi connectivity index (χ4n) is 3.57. The van der Waals surface area contributed by atoms with Crippen molar-refractivity contribution in [3.8, 4) is 17.2 Å². The lowest BCUT2D eigenvalue weighted by Gasteiger charge is -2.36. The number of carbonyl (C=O) groups excluding carboxylic acids is 1. The van der Waals surface area contributed by atoms with Gasteiger partial charge in [0.1, 0.15) is 6.10 Å². The smallest absolute Gasteiger partial charge is 0.414 e. The van der Waals surface area contributed by atoms with Crippen molar-refractivity contribution in [2.75, 3.05) is 18.1 Å². The van der Waals surface area contributed by atoms with Gasteiger partial charge in [0, 0.05) is 17.4 Å². The largest absolute Gasteiger partial charge is 0.442 e. The molecule has 4 rings (SSSR count). The highest BCUT2D eigenvalue weighted by Gasteiger charge is 2.46. The summed E-state index contributed by atoms with van der Waals surface area (Å²) in [5.74, 6) is 0. The predicted octanol–water partition coefficient (Wildman–Crippen LogP) is 5.65. The van der Waals surface area contributed by atoms with Gasteiger partial charge < -0.3 is 9.16 Å². The maximum atomic E-state index is 12.5. The minimum Gasteiger partial charge on any atom is -0.442 e. The highest BCUT2D eigenvalue weighted by atomic mass is 28.4. The van der Waals surface area contributed by atoms with Crippen molar-refractivity contribution >= 4 is 20.1 Å². The normalized spacial score (nSPS) is 20.1. The quantitative estimate of drug-likeness (QED) is 0.533. The number of rotatable bonds is 6. The highest BCUT2D eigenvalue weighted by Crippen LogP contribution is 2.46. The zero-order valence-corrected chi connectivity index (χ0v) is 20.5. The molecule has 0 spiro atoms. The average Bonchev–Trinajstić information content (AvgIpc) is 3.48. The molecule has 2 aliphatic rings. The van der Waals surface area contributed by atoms with Gasteiger partial charge in [-0.25, -0.2) is 4.79 Å². The molecule has 32 heavy (non-hydrogen) atoms. The summed E-state index contributed by atoms with van der Waals surface area (Å²) in [5, 5.41) is 9.46. The van der Waals surface area contributed by atoms with Crippen LogP contribution in [0.3, 0.4) is 0 Å². The van der Waals surface area contributed by atoms with Crippen LogP contribution < -0.4 is 4.90 Å².